The van der Waals surface area contributed by atoms with Gasteiger partial charge in [-0.05, 0) is 58.7 Å². The lowest BCUT2D eigenvalue weighted by atomic mass is 9.98. The molecule has 0 spiro atoms. The molecule has 8 nitrogen and oxygen atoms in total. The van der Waals surface area contributed by atoms with Gasteiger partial charge in [-0.25, -0.2) is 4.79 Å². The van der Waals surface area contributed by atoms with Crippen LogP contribution in [0.15, 0.2) is 72.8 Å². The Labute approximate surface area is 234 Å². The Balaban J connectivity index is 1.22. The third-order valence-corrected chi connectivity index (χ3v) is 7.78. The number of amides is 3. The second-order valence-corrected chi connectivity index (χ2v) is 10.7. The molecular weight excluding hydrogens is 506 g/mol. The van der Waals surface area contributed by atoms with Crippen LogP contribution >= 0.6 is 0 Å². The lowest BCUT2D eigenvalue weighted by Gasteiger charge is -2.27. The van der Waals surface area contributed by atoms with Gasteiger partial charge in [0.25, 0.3) is 0 Å². The SMILES string of the molecule is CC(C)C(NC(=O)[C@@H]1CCCN1C(=O)OCC1c2ccccc2-c2ccccc21)C(=O)Nc1ccc(CO)cc1. The summed E-state index contributed by atoms with van der Waals surface area (Å²) in [5.74, 6) is -0.946. The Kier molecular flexibility index (Phi) is 8.16. The van der Waals surface area contributed by atoms with Gasteiger partial charge in [0.05, 0.1) is 6.61 Å². The summed E-state index contributed by atoms with van der Waals surface area (Å²) in [7, 11) is 0. The highest BCUT2D eigenvalue weighted by molar-refractivity contribution is 5.98. The van der Waals surface area contributed by atoms with Gasteiger partial charge in [0.1, 0.15) is 18.7 Å². The van der Waals surface area contributed by atoms with Crippen molar-refractivity contribution in [2.45, 2.75) is 51.3 Å². The van der Waals surface area contributed by atoms with Crippen LogP contribution in [0, 0.1) is 5.92 Å². The Morgan fingerprint density at radius 1 is 0.950 bits per heavy atom. The quantitative estimate of drug-likeness (QED) is 0.384. The number of carbonyl (C=O) groups excluding carboxylic acids is 3. The number of fused-ring (bicyclic) bond motifs is 3. The first-order chi connectivity index (χ1) is 19.4. The molecule has 208 valence electrons. The first-order valence-electron chi connectivity index (χ1n) is 13.8. The number of carbonyl (C=O) groups is 3. The third-order valence-electron chi connectivity index (χ3n) is 7.78. The molecule has 3 amide bonds. The molecule has 40 heavy (non-hydrogen) atoms. The maximum Gasteiger partial charge on any atom is 0.410 e. The third kappa shape index (κ3) is 5.58. The predicted molar refractivity (Wildman–Crippen MR) is 153 cm³/mol. The number of nitrogens with zero attached hydrogens (tertiary/aromatic N) is 1. The average Bonchev–Trinajstić information content (AvgIpc) is 3.58. The first kappa shape index (κ1) is 27.4. The van der Waals surface area contributed by atoms with Crippen molar-refractivity contribution in [2.75, 3.05) is 18.5 Å². The van der Waals surface area contributed by atoms with E-state index >= 15 is 0 Å². The molecule has 1 saturated heterocycles. The standard InChI is InChI=1S/C32H35N3O5/c1-20(2)29(31(38)33-22-15-13-21(18-36)14-16-22)34-30(37)28-12-7-17-35(28)32(39)40-19-27-25-10-5-3-8-23(25)24-9-4-6-11-26(24)27/h3-6,8-11,13-16,20,27-29,36H,7,12,17-19H2,1-2H3,(H,33,38)(H,34,37)/t28-,29?/m0/s1. The molecule has 1 aliphatic heterocycles. The van der Waals surface area contributed by atoms with Crippen molar-refractivity contribution in [2.24, 2.45) is 5.92 Å². The van der Waals surface area contributed by atoms with Crippen LogP contribution in [0.2, 0.25) is 0 Å². The highest BCUT2D eigenvalue weighted by atomic mass is 16.6. The molecule has 2 aliphatic rings. The van der Waals surface area contributed by atoms with Crippen LogP contribution in [0.25, 0.3) is 11.1 Å². The van der Waals surface area contributed by atoms with Gasteiger partial charge in [0, 0.05) is 18.2 Å². The van der Waals surface area contributed by atoms with Crippen LogP contribution in [-0.4, -0.2) is 53.1 Å². The van der Waals surface area contributed by atoms with E-state index in [4.69, 9.17) is 4.74 Å². The number of benzene rings is 3. The Morgan fingerprint density at radius 3 is 2.17 bits per heavy atom. The maximum absolute atomic E-state index is 13.3. The van der Waals surface area contributed by atoms with Crippen molar-refractivity contribution in [3.8, 4) is 11.1 Å². The van der Waals surface area contributed by atoms with E-state index in [1.807, 2.05) is 38.1 Å². The van der Waals surface area contributed by atoms with Gasteiger partial charge in [-0.3, -0.25) is 14.5 Å². The van der Waals surface area contributed by atoms with Gasteiger partial charge in [-0.2, -0.15) is 0 Å². The number of aliphatic hydroxyl groups is 1. The molecule has 3 N–H and O–H groups in total. The van der Waals surface area contributed by atoms with Crippen LogP contribution < -0.4 is 10.6 Å². The summed E-state index contributed by atoms with van der Waals surface area (Å²) in [6.45, 7) is 4.24. The van der Waals surface area contributed by atoms with E-state index in [1.54, 1.807) is 24.3 Å². The number of ether oxygens (including phenoxy) is 1. The van der Waals surface area contributed by atoms with Gasteiger partial charge in [0.2, 0.25) is 11.8 Å². The van der Waals surface area contributed by atoms with Crippen molar-refractivity contribution in [3.63, 3.8) is 0 Å². The van der Waals surface area contributed by atoms with E-state index in [9.17, 15) is 19.5 Å². The molecule has 0 saturated carbocycles. The number of anilines is 1. The maximum atomic E-state index is 13.3. The minimum absolute atomic E-state index is 0.0632. The van der Waals surface area contributed by atoms with Gasteiger partial charge in [0.15, 0.2) is 0 Å². The van der Waals surface area contributed by atoms with Gasteiger partial charge >= 0.3 is 6.09 Å². The molecule has 1 aliphatic carbocycles. The molecule has 1 unspecified atom stereocenters. The summed E-state index contributed by atoms with van der Waals surface area (Å²) in [5.41, 5.74) is 5.87. The second-order valence-electron chi connectivity index (χ2n) is 10.7. The van der Waals surface area contributed by atoms with Crippen molar-refractivity contribution < 1.29 is 24.2 Å². The van der Waals surface area contributed by atoms with E-state index in [0.717, 1.165) is 27.8 Å². The molecule has 0 radical (unpaired) electrons. The second kappa shape index (κ2) is 11.9. The zero-order valence-corrected chi connectivity index (χ0v) is 22.8. The highest BCUT2D eigenvalue weighted by Gasteiger charge is 2.38. The van der Waals surface area contributed by atoms with Crippen LogP contribution in [0.1, 0.15) is 49.3 Å². The van der Waals surface area contributed by atoms with Crippen LogP contribution in [-0.2, 0) is 20.9 Å². The number of aliphatic hydroxyl groups excluding tert-OH is 1. The normalized spacial score (nSPS) is 16.8. The van der Waals surface area contributed by atoms with Crippen LogP contribution in [0.4, 0.5) is 10.5 Å². The fraction of sp³-hybridized carbons (Fsp3) is 0.344. The lowest BCUT2D eigenvalue weighted by Crippen LogP contribution is -2.53. The van der Waals surface area contributed by atoms with Crippen molar-refractivity contribution in [3.05, 3.63) is 89.5 Å². The van der Waals surface area contributed by atoms with Crippen LogP contribution in [0.3, 0.4) is 0 Å². The van der Waals surface area contributed by atoms with Gasteiger partial charge < -0.3 is 20.5 Å². The molecule has 1 heterocycles. The Morgan fingerprint density at radius 2 is 1.57 bits per heavy atom. The fourth-order valence-corrected chi connectivity index (χ4v) is 5.63. The monoisotopic (exact) mass is 541 g/mol. The molecule has 1 fully saturated rings. The molecule has 3 aromatic rings. The molecule has 3 aromatic carbocycles. The predicted octanol–water partition coefficient (Wildman–Crippen LogP) is 4.67. The number of nitrogens with one attached hydrogen (secondary N) is 2. The zero-order chi connectivity index (χ0) is 28.2. The van der Waals surface area contributed by atoms with E-state index in [1.165, 1.54) is 4.90 Å². The average molecular weight is 542 g/mol. The highest BCUT2D eigenvalue weighted by Crippen LogP contribution is 2.44. The zero-order valence-electron chi connectivity index (χ0n) is 22.8. The summed E-state index contributed by atoms with van der Waals surface area (Å²) in [5, 5.41) is 14.9. The first-order valence-corrected chi connectivity index (χ1v) is 13.8. The molecule has 2 atom stereocenters. The smallest absolute Gasteiger partial charge is 0.410 e. The molecule has 0 bridgehead atoms. The van der Waals surface area contributed by atoms with Crippen molar-refractivity contribution >= 4 is 23.6 Å². The van der Waals surface area contributed by atoms with Crippen molar-refractivity contribution in [1.82, 2.24) is 10.2 Å². The summed E-state index contributed by atoms with van der Waals surface area (Å²) in [6.07, 6.45) is 0.664. The van der Waals surface area contributed by atoms with E-state index in [-0.39, 0.29) is 36.9 Å². The summed E-state index contributed by atoms with van der Waals surface area (Å²) in [6, 6.07) is 21.7. The van der Waals surface area contributed by atoms with Gasteiger partial charge in [-0.15, -0.1) is 0 Å². The number of rotatable bonds is 8. The Hall–Kier alpha value is -4.17. The fourth-order valence-electron chi connectivity index (χ4n) is 5.63. The summed E-state index contributed by atoms with van der Waals surface area (Å²) < 4.78 is 5.81. The Bertz CT molecular complexity index is 1340. The van der Waals surface area contributed by atoms with E-state index < -0.39 is 18.2 Å². The number of hydrogen-bond donors (Lipinski definition) is 3. The minimum atomic E-state index is -0.782. The molecule has 5 rings (SSSR count). The molecule has 8 heteroatoms. The number of likely N-dealkylation sites (tertiary alicyclic amines) is 1. The molecular formula is C32H35N3O5. The lowest BCUT2D eigenvalue weighted by molar-refractivity contribution is -0.130. The topological polar surface area (TPSA) is 108 Å². The van der Waals surface area contributed by atoms with Crippen LogP contribution in [0.5, 0.6) is 0 Å². The largest absolute Gasteiger partial charge is 0.448 e. The van der Waals surface area contributed by atoms with E-state index in [2.05, 4.69) is 34.9 Å². The summed E-state index contributed by atoms with van der Waals surface area (Å²) in [4.78, 5) is 41.1. The summed E-state index contributed by atoms with van der Waals surface area (Å²) >= 11 is 0. The van der Waals surface area contributed by atoms with E-state index in [0.29, 0.717) is 25.1 Å². The number of hydrogen-bond acceptors (Lipinski definition) is 5. The molecule has 0 aromatic heterocycles. The van der Waals surface area contributed by atoms with Crippen molar-refractivity contribution in [1.29, 1.82) is 0 Å². The van der Waals surface area contributed by atoms with Gasteiger partial charge in [-0.1, -0.05) is 74.5 Å². The minimum Gasteiger partial charge on any atom is -0.448 e.